The fourth-order valence-electron chi connectivity index (χ4n) is 2.51. The van der Waals surface area contributed by atoms with E-state index in [-0.39, 0.29) is 17.7 Å². The Morgan fingerprint density at radius 2 is 1.86 bits per heavy atom. The lowest BCUT2D eigenvalue weighted by Gasteiger charge is -2.09. The molecule has 3 aromatic rings. The summed E-state index contributed by atoms with van der Waals surface area (Å²) in [6.07, 6.45) is -3.99. The van der Waals surface area contributed by atoms with Crippen LogP contribution in [-0.2, 0) is 12.7 Å². The van der Waals surface area contributed by atoms with Crippen LogP contribution in [0.3, 0.4) is 0 Å². The molecule has 0 unspecified atom stereocenters. The maximum atomic E-state index is 12.5. The highest BCUT2D eigenvalue weighted by molar-refractivity contribution is 7.13. The van der Waals surface area contributed by atoms with E-state index in [1.807, 2.05) is 17.5 Å². The van der Waals surface area contributed by atoms with Gasteiger partial charge in [0.25, 0.3) is 11.5 Å². The van der Waals surface area contributed by atoms with E-state index in [2.05, 4.69) is 10.4 Å². The third-order valence-electron chi connectivity index (χ3n) is 3.95. The summed E-state index contributed by atoms with van der Waals surface area (Å²) in [5, 5.41) is 8.87. The zero-order valence-electron chi connectivity index (χ0n) is 14.6. The van der Waals surface area contributed by atoms with Gasteiger partial charge in [0.2, 0.25) is 0 Å². The summed E-state index contributed by atoms with van der Waals surface area (Å²) in [6, 6.07) is 10.9. The molecule has 2 aromatic heterocycles. The van der Waals surface area contributed by atoms with E-state index in [0.29, 0.717) is 18.7 Å². The van der Waals surface area contributed by atoms with Crippen molar-refractivity contribution in [1.82, 2.24) is 15.1 Å². The number of amides is 1. The van der Waals surface area contributed by atoms with Gasteiger partial charge in [0.05, 0.1) is 10.4 Å². The summed E-state index contributed by atoms with van der Waals surface area (Å²) >= 11 is 1.52. The highest BCUT2D eigenvalue weighted by Crippen LogP contribution is 2.29. The number of aromatic nitrogens is 2. The molecular formula is C19H16F3N3O2S. The van der Waals surface area contributed by atoms with Crippen molar-refractivity contribution in [3.8, 4) is 10.6 Å². The van der Waals surface area contributed by atoms with E-state index in [1.165, 1.54) is 22.1 Å². The predicted molar refractivity (Wildman–Crippen MR) is 100 cm³/mol. The standard InChI is InChI=1S/C19H16F3N3O2S/c20-19(21,22)14-6-4-13(5-7-14)18(27)23-10-2-11-25-17(26)9-8-15(24-25)16-3-1-12-28-16/h1,3-9,12H,2,10-11H2,(H,23,27). The van der Waals surface area contributed by atoms with Gasteiger partial charge in [-0.1, -0.05) is 6.07 Å². The van der Waals surface area contributed by atoms with E-state index < -0.39 is 17.6 Å². The minimum Gasteiger partial charge on any atom is -0.352 e. The van der Waals surface area contributed by atoms with Crippen LogP contribution in [0.5, 0.6) is 0 Å². The average molecular weight is 407 g/mol. The molecule has 0 aliphatic carbocycles. The number of carbonyl (C=O) groups is 1. The van der Waals surface area contributed by atoms with Crippen LogP contribution in [-0.4, -0.2) is 22.2 Å². The number of carbonyl (C=O) groups excluding carboxylic acids is 1. The third-order valence-corrected chi connectivity index (χ3v) is 4.84. The topological polar surface area (TPSA) is 64.0 Å². The molecule has 0 radical (unpaired) electrons. The Morgan fingerprint density at radius 1 is 1.11 bits per heavy atom. The number of hydrogen-bond acceptors (Lipinski definition) is 4. The van der Waals surface area contributed by atoms with Crippen molar-refractivity contribution in [2.24, 2.45) is 0 Å². The molecule has 1 N–H and O–H groups in total. The molecule has 0 fully saturated rings. The number of alkyl halides is 3. The second kappa shape index (κ2) is 8.39. The van der Waals surface area contributed by atoms with Crippen molar-refractivity contribution in [2.75, 3.05) is 6.54 Å². The molecule has 3 rings (SSSR count). The van der Waals surface area contributed by atoms with E-state index in [9.17, 15) is 22.8 Å². The predicted octanol–water partition coefficient (Wildman–Crippen LogP) is 3.81. The molecule has 0 saturated carbocycles. The minimum absolute atomic E-state index is 0.142. The normalized spacial score (nSPS) is 11.4. The molecule has 0 spiro atoms. The number of hydrogen-bond donors (Lipinski definition) is 1. The Morgan fingerprint density at radius 3 is 2.50 bits per heavy atom. The molecule has 2 heterocycles. The fourth-order valence-corrected chi connectivity index (χ4v) is 3.20. The SMILES string of the molecule is O=C(NCCCn1nc(-c2cccs2)ccc1=O)c1ccc(C(F)(F)F)cc1. The molecule has 28 heavy (non-hydrogen) atoms. The van der Waals surface area contributed by atoms with Crippen molar-refractivity contribution >= 4 is 17.2 Å². The summed E-state index contributed by atoms with van der Waals surface area (Å²) in [5.74, 6) is -0.471. The van der Waals surface area contributed by atoms with Crippen LogP contribution in [0.4, 0.5) is 13.2 Å². The molecule has 0 aliphatic rings. The lowest BCUT2D eigenvalue weighted by atomic mass is 10.1. The Labute approximate surface area is 162 Å². The van der Waals surface area contributed by atoms with Crippen LogP contribution in [0, 0.1) is 0 Å². The van der Waals surface area contributed by atoms with Gasteiger partial charge in [-0.2, -0.15) is 18.3 Å². The van der Waals surface area contributed by atoms with Gasteiger partial charge in [-0.3, -0.25) is 9.59 Å². The van der Waals surface area contributed by atoms with E-state index in [0.717, 1.165) is 29.1 Å². The first-order chi connectivity index (χ1) is 13.3. The van der Waals surface area contributed by atoms with Crippen LogP contribution >= 0.6 is 11.3 Å². The van der Waals surface area contributed by atoms with E-state index in [4.69, 9.17) is 0 Å². The molecule has 0 atom stereocenters. The maximum absolute atomic E-state index is 12.5. The minimum atomic E-state index is -4.44. The highest BCUT2D eigenvalue weighted by Gasteiger charge is 2.30. The van der Waals surface area contributed by atoms with Crippen LogP contribution < -0.4 is 10.9 Å². The zero-order valence-corrected chi connectivity index (χ0v) is 15.4. The highest BCUT2D eigenvalue weighted by atomic mass is 32.1. The van der Waals surface area contributed by atoms with Gasteiger partial charge in [-0.25, -0.2) is 4.68 Å². The van der Waals surface area contributed by atoms with Crippen LogP contribution in [0.1, 0.15) is 22.3 Å². The first-order valence-corrected chi connectivity index (χ1v) is 9.30. The van der Waals surface area contributed by atoms with Crippen molar-refractivity contribution < 1.29 is 18.0 Å². The Balaban J connectivity index is 1.54. The van der Waals surface area contributed by atoms with Gasteiger partial charge >= 0.3 is 6.18 Å². The Hall–Kier alpha value is -2.94. The van der Waals surface area contributed by atoms with Gasteiger partial charge in [0, 0.05) is 24.7 Å². The zero-order chi connectivity index (χ0) is 20.1. The largest absolute Gasteiger partial charge is 0.416 e. The fraction of sp³-hybridized carbons (Fsp3) is 0.211. The van der Waals surface area contributed by atoms with Gasteiger partial charge in [-0.15, -0.1) is 11.3 Å². The second-order valence-corrected chi connectivity index (χ2v) is 6.89. The molecule has 0 aliphatic heterocycles. The van der Waals surface area contributed by atoms with Crippen molar-refractivity contribution in [3.63, 3.8) is 0 Å². The summed E-state index contributed by atoms with van der Waals surface area (Å²) in [4.78, 5) is 24.9. The number of thiophene rings is 1. The van der Waals surface area contributed by atoms with Crippen LogP contribution in [0.2, 0.25) is 0 Å². The molecule has 0 saturated heterocycles. The van der Waals surface area contributed by atoms with Crippen LogP contribution in [0.15, 0.2) is 58.7 Å². The van der Waals surface area contributed by atoms with Gasteiger partial charge in [-0.05, 0) is 48.2 Å². The van der Waals surface area contributed by atoms with Gasteiger partial charge in [0.1, 0.15) is 5.69 Å². The molecule has 9 heteroatoms. The van der Waals surface area contributed by atoms with Gasteiger partial charge in [0.15, 0.2) is 0 Å². The van der Waals surface area contributed by atoms with Crippen LogP contribution in [0.25, 0.3) is 10.6 Å². The smallest absolute Gasteiger partial charge is 0.352 e. The third kappa shape index (κ3) is 4.86. The van der Waals surface area contributed by atoms with Crippen molar-refractivity contribution in [1.29, 1.82) is 0 Å². The maximum Gasteiger partial charge on any atom is 0.416 e. The Bertz CT molecular complexity index is 997. The summed E-state index contributed by atoms with van der Waals surface area (Å²) in [7, 11) is 0. The summed E-state index contributed by atoms with van der Waals surface area (Å²) in [6.45, 7) is 0.572. The number of halogens is 3. The van der Waals surface area contributed by atoms with Gasteiger partial charge < -0.3 is 5.32 Å². The molecule has 5 nitrogen and oxygen atoms in total. The van der Waals surface area contributed by atoms with E-state index >= 15 is 0 Å². The number of rotatable bonds is 6. The molecular weight excluding hydrogens is 391 g/mol. The lowest BCUT2D eigenvalue weighted by Crippen LogP contribution is -2.28. The average Bonchev–Trinajstić information content (AvgIpc) is 3.20. The number of aryl methyl sites for hydroxylation is 1. The van der Waals surface area contributed by atoms with Crippen molar-refractivity contribution in [2.45, 2.75) is 19.1 Å². The molecule has 146 valence electrons. The number of nitrogens with one attached hydrogen (secondary N) is 1. The lowest BCUT2D eigenvalue weighted by molar-refractivity contribution is -0.137. The number of benzene rings is 1. The summed E-state index contributed by atoms with van der Waals surface area (Å²) in [5.41, 5.74) is -0.208. The first-order valence-electron chi connectivity index (χ1n) is 8.42. The molecule has 1 amide bonds. The monoisotopic (exact) mass is 407 g/mol. The molecule has 1 aromatic carbocycles. The molecule has 0 bridgehead atoms. The van der Waals surface area contributed by atoms with Crippen molar-refractivity contribution in [3.05, 3.63) is 75.4 Å². The van der Waals surface area contributed by atoms with E-state index in [1.54, 1.807) is 6.07 Å². The summed E-state index contributed by atoms with van der Waals surface area (Å²) < 4.78 is 39.0. The quantitative estimate of drug-likeness (QED) is 0.632. The first kappa shape index (κ1) is 19.8. The number of nitrogens with zero attached hydrogens (tertiary/aromatic N) is 2. The Kier molecular flexibility index (Phi) is 5.93. The second-order valence-electron chi connectivity index (χ2n) is 5.94.